The minimum atomic E-state index is -0.822. The number of fused-ring (bicyclic) bond motifs is 5. The van der Waals surface area contributed by atoms with E-state index in [4.69, 9.17) is 0 Å². The van der Waals surface area contributed by atoms with E-state index in [0.29, 0.717) is 36.2 Å². The first-order valence-corrected chi connectivity index (χ1v) is 12.8. The van der Waals surface area contributed by atoms with Crippen LogP contribution in [0, 0.1) is 28.5 Å². The lowest BCUT2D eigenvalue weighted by molar-refractivity contribution is -0.143. The van der Waals surface area contributed by atoms with E-state index < -0.39 is 11.4 Å². The van der Waals surface area contributed by atoms with Gasteiger partial charge in [0, 0.05) is 18.3 Å². The van der Waals surface area contributed by atoms with Gasteiger partial charge in [-0.1, -0.05) is 19.1 Å². The normalized spacial score (nSPS) is 29.9. The minimum absolute atomic E-state index is 0.0386. The van der Waals surface area contributed by atoms with E-state index in [1.165, 1.54) is 22.9 Å². The van der Waals surface area contributed by atoms with Crippen LogP contribution in [0.5, 0.6) is 0 Å². The van der Waals surface area contributed by atoms with Crippen LogP contribution >= 0.6 is 0 Å². The molecule has 2 N–H and O–H groups in total. The Hall–Kier alpha value is -3.02. The number of rotatable bonds is 5. The van der Waals surface area contributed by atoms with Crippen molar-refractivity contribution in [3.63, 3.8) is 0 Å². The van der Waals surface area contributed by atoms with Gasteiger partial charge in [0.25, 0.3) is 5.91 Å². The van der Waals surface area contributed by atoms with Crippen molar-refractivity contribution in [3.8, 4) is 0 Å². The van der Waals surface area contributed by atoms with Crippen molar-refractivity contribution < 1.29 is 19.1 Å². The highest BCUT2D eigenvalue weighted by molar-refractivity contribution is 5.95. The van der Waals surface area contributed by atoms with E-state index in [2.05, 4.69) is 29.4 Å². The summed E-state index contributed by atoms with van der Waals surface area (Å²) in [5.74, 6) is 0.284. The van der Waals surface area contributed by atoms with Crippen LogP contribution in [0.3, 0.4) is 0 Å². The molecule has 1 amide bonds. The van der Waals surface area contributed by atoms with Gasteiger partial charge in [-0.15, -0.1) is 0 Å². The number of carboxylic acids is 1. The minimum Gasteiger partial charge on any atom is -0.481 e. The Labute approximate surface area is 204 Å². The van der Waals surface area contributed by atoms with Crippen molar-refractivity contribution in [2.45, 2.75) is 57.8 Å². The van der Waals surface area contributed by atoms with Gasteiger partial charge in [-0.05, 0) is 109 Å². The zero-order chi connectivity index (χ0) is 24.4. The number of carbonyl (C=O) groups is 2. The highest BCUT2D eigenvalue weighted by Gasteiger charge is 2.52. The monoisotopic (exact) mass is 474 g/mol. The predicted octanol–water partition coefficient (Wildman–Crippen LogP) is 5.36. The number of carboxylic acid groups (broad SMARTS) is 1. The van der Waals surface area contributed by atoms with Gasteiger partial charge >= 0.3 is 5.97 Å². The Morgan fingerprint density at radius 3 is 2.74 bits per heavy atom. The van der Waals surface area contributed by atoms with Gasteiger partial charge in [0.05, 0.1) is 11.6 Å². The highest BCUT2D eigenvalue weighted by Crippen LogP contribution is 2.63. The molecule has 2 aromatic rings. The summed E-state index contributed by atoms with van der Waals surface area (Å²) < 4.78 is 13.9. The Balaban J connectivity index is 1.19. The zero-order valence-electron chi connectivity index (χ0n) is 20.0. The van der Waals surface area contributed by atoms with E-state index in [1.54, 1.807) is 12.3 Å². The summed E-state index contributed by atoms with van der Waals surface area (Å²) in [6.45, 7) is 2.55. The summed E-state index contributed by atoms with van der Waals surface area (Å²) in [6.07, 6.45) is 11.8. The number of nitrogens with zero attached hydrogens (tertiary/aromatic N) is 1. The molecule has 2 saturated carbocycles. The second-order valence-corrected chi connectivity index (χ2v) is 11.3. The van der Waals surface area contributed by atoms with Gasteiger partial charge in [-0.3, -0.25) is 14.6 Å². The van der Waals surface area contributed by atoms with E-state index in [0.717, 1.165) is 37.7 Å². The molecule has 0 radical (unpaired) electrons. The first-order chi connectivity index (χ1) is 16.8. The topological polar surface area (TPSA) is 79.3 Å². The van der Waals surface area contributed by atoms with Gasteiger partial charge in [0.1, 0.15) is 5.82 Å². The molecule has 1 aromatic carbocycles. The van der Waals surface area contributed by atoms with Crippen LogP contribution in [-0.2, 0) is 11.2 Å². The number of allylic oxidation sites excluding steroid dienone is 2. The van der Waals surface area contributed by atoms with Crippen LogP contribution in [0.25, 0.3) is 5.57 Å². The standard InChI is InChI=1S/C29H31FN2O3/c1-28-9-8-22-21-4-3-18(26(33)32-16-29(10-11-29)27(34)35)12-17(21)2-5-23(22)25(28)7-6-24(28)19-13-20(30)15-31-14-19/h3-4,6,12-15,22-23,25H,2,5,7-11,16H2,1H3,(H,32,33)(H,34,35)/t22-,23-,25+,28-/m1/s1. The average Bonchev–Trinajstić information content (AvgIpc) is 3.57. The molecule has 0 spiro atoms. The summed E-state index contributed by atoms with van der Waals surface area (Å²) in [5.41, 5.74) is 4.68. The van der Waals surface area contributed by atoms with Crippen LogP contribution in [0.4, 0.5) is 4.39 Å². The molecule has 182 valence electrons. The third-order valence-electron chi connectivity index (χ3n) is 9.48. The number of carbonyl (C=O) groups excluding carboxylic acids is 1. The molecule has 0 bridgehead atoms. The lowest BCUT2D eigenvalue weighted by Crippen LogP contribution is -2.41. The maximum atomic E-state index is 13.9. The molecule has 4 atom stereocenters. The highest BCUT2D eigenvalue weighted by atomic mass is 19.1. The smallest absolute Gasteiger partial charge is 0.311 e. The number of nitrogens with one attached hydrogen (secondary N) is 1. The third-order valence-corrected chi connectivity index (χ3v) is 9.48. The SMILES string of the molecule is C[C@]12CC[C@@H]3c4ccc(C(=O)NCC5(C(=O)O)CC5)cc4CC[C@H]3[C@@H]1CC=C2c1cncc(F)c1. The number of hydrogen-bond donors (Lipinski definition) is 2. The molecule has 5 nitrogen and oxygen atoms in total. The van der Waals surface area contributed by atoms with Gasteiger partial charge in [0.2, 0.25) is 0 Å². The summed E-state index contributed by atoms with van der Waals surface area (Å²) in [6, 6.07) is 7.67. The molecule has 6 rings (SSSR count). The Morgan fingerprint density at radius 2 is 2.00 bits per heavy atom. The van der Waals surface area contributed by atoms with Crippen molar-refractivity contribution in [1.29, 1.82) is 0 Å². The summed E-state index contributed by atoms with van der Waals surface area (Å²) in [4.78, 5) is 28.2. The van der Waals surface area contributed by atoms with Crippen molar-refractivity contribution in [1.82, 2.24) is 10.3 Å². The Morgan fingerprint density at radius 1 is 1.17 bits per heavy atom. The lowest BCUT2D eigenvalue weighted by Gasteiger charge is -2.50. The maximum absolute atomic E-state index is 13.9. The van der Waals surface area contributed by atoms with Gasteiger partial charge in [0.15, 0.2) is 0 Å². The van der Waals surface area contributed by atoms with Crippen LogP contribution in [-0.4, -0.2) is 28.5 Å². The number of benzene rings is 1. The molecule has 4 aliphatic rings. The lowest BCUT2D eigenvalue weighted by atomic mass is 9.54. The summed E-state index contributed by atoms with van der Waals surface area (Å²) in [7, 11) is 0. The van der Waals surface area contributed by atoms with Crippen LogP contribution in [0.2, 0.25) is 0 Å². The largest absolute Gasteiger partial charge is 0.481 e. The molecule has 0 aliphatic heterocycles. The zero-order valence-corrected chi connectivity index (χ0v) is 20.0. The van der Waals surface area contributed by atoms with Crippen LogP contribution in [0.15, 0.2) is 42.7 Å². The molecule has 35 heavy (non-hydrogen) atoms. The van der Waals surface area contributed by atoms with Gasteiger partial charge in [-0.2, -0.15) is 0 Å². The summed E-state index contributed by atoms with van der Waals surface area (Å²) >= 11 is 0. The fourth-order valence-electron chi connectivity index (χ4n) is 7.27. The number of hydrogen-bond acceptors (Lipinski definition) is 3. The van der Waals surface area contributed by atoms with Gasteiger partial charge < -0.3 is 10.4 Å². The number of amides is 1. The molecule has 0 saturated heterocycles. The Kier molecular flexibility index (Phi) is 5.13. The van der Waals surface area contributed by atoms with E-state index in [9.17, 15) is 19.1 Å². The Bertz CT molecular complexity index is 1250. The van der Waals surface area contributed by atoms with Crippen molar-refractivity contribution in [2.24, 2.45) is 22.7 Å². The maximum Gasteiger partial charge on any atom is 0.311 e. The number of aromatic nitrogens is 1. The number of pyridine rings is 1. The van der Waals surface area contributed by atoms with Gasteiger partial charge in [-0.25, -0.2) is 4.39 Å². The average molecular weight is 475 g/mol. The third kappa shape index (κ3) is 3.60. The van der Waals surface area contributed by atoms with Crippen molar-refractivity contribution in [3.05, 3.63) is 70.8 Å². The first kappa shape index (κ1) is 22.4. The molecule has 2 fully saturated rings. The number of halogens is 1. The van der Waals surface area contributed by atoms with Crippen molar-refractivity contribution >= 4 is 17.4 Å². The molecule has 0 unspecified atom stereocenters. The number of aryl methyl sites for hydroxylation is 1. The van der Waals surface area contributed by atoms with E-state index in [1.807, 2.05) is 12.1 Å². The quantitative estimate of drug-likeness (QED) is 0.611. The molecule has 6 heteroatoms. The van der Waals surface area contributed by atoms with Crippen LogP contribution < -0.4 is 5.32 Å². The molecular formula is C29H31FN2O3. The fraction of sp³-hybridized carbons (Fsp3) is 0.483. The number of aliphatic carboxylic acids is 1. The molecule has 1 heterocycles. The second kappa shape index (κ2) is 8.00. The molecule has 1 aromatic heterocycles. The van der Waals surface area contributed by atoms with Crippen molar-refractivity contribution in [2.75, 3.05) is 6.54 Å². The summed E-state index contributed by atoms with van der Waals surface area (Å²) in [5, 5.41) is 12.2. The predicted molar refractivity (Wildman–Crippen MR) is 130 cm³/mol. The molecule has 4 aliphatic carbocycles. The first-order valence-electron chi connectivity index (χ1n) is 12.8. The van der Waals surface area contributed by atoms with E-state index in [-0.39, 0.29) is 23.7 Å². The van der Waals surface area contributed by atoms with E-state index >= 15 is 0 Å². The fourth-order valence-corrected chi connectivity index (χ4v) is 7.27. The molecular weight excluding hydrogens is 443 g/mol. The second-order valence-electron chi connectivity index (χ2n) is 11.3. The van der Waals surface area contributed by atoms with Crippen LogP contribution in [0.1, 0.15) is 78.4 Å².